The molecule has 104 valence electrons. The first-order chi connectivity index (χ1) is 9.54. The molecule has 0 saturated heterocycles. The normalized spacial score (nSPS) is 11.4. The quantitative estimate of drug-likeness (QED) is 0.664. The number of aliphatic imine (C=N–C) groups is 1. The van der Waals surface area contributed by atoms with Crippen molar-refractivity contribution >= 4 is 11.6 Å². The Hall–Kier alpha value is -2.36. The van der Waals surface area contributed by atoms with Crippen molar-refractivity contribution in [1.82, 2.24) is 0 Å². The monoisotopic (exact) mass is 271 g/mol. The van der Waals surface area contributed by atoms with E-state index in [9.17, 15) is 4.39 Å². The van der Waals surface area contributed by atoms with E-state index < -0.39 is 0 Å². The zero-order chi connectivity index (χ0) is 14.5. The second kappa shape index (κ2) is 6.19. The lowest BCUT2D eigenvalue weighted by Crippen LogP contribution is -2.22. The predicted molar refractivity (Wildman–Crippen MR) is 81.3 cm³/mol. The van der Waals surface area contributed by atoms with Gasteiger partial charge in [-0.15, -0.1) is 0 Å². The molecule has 2 rings (SSSR count). The predicted octanol–water partition coefficient (Wildman–Crippen LogP) is 3.37. The van der Waals surface area contributed by atoms with E-state index in [0.717, 1.165) is 16.8 Å². The Labute approximate surface area is 118 Å². The van der Waals surface area contributed by atoms with Gasteiger partial charge in [0.15, 0.2) is 5.96 Å². The van der Waals surface area contributed by atoms with Gasteiger partial charge in [-0.1, -0.05) is 24.3 Å². The number of halogens is 1. The van der Waals surface area contributed by atoms with Crippen LogP contribution in [0.25, 0.3) is 0 Å². The van der Waals surface area contributed by atoms with Gasteiger partial charge in [0.05, 0.1) is 6.54 Å². The lowest BCUT2D eigenvalue weighted by atomic mass is 10.1. The first-order valence-electron chi connectivity index (χ1n) is 6.43. The van der Waals surface area contributed by atoms with Crippen LogP contribution >= 0.6 is 0 Å². The zero-order valence-corrected chi connectivity index (χ0v) is 11.7. The molecule has 0 spiro atoms. The third-order valence-electron chi connectivity index (χ3n) is 2.87. The van der Waals surface area contributed by atoms with Gasteiger partial charge in [0, 0.05) is 11.3 Å². The third kappa shape index (κ3) is 3.82. The summed E-state index contributed by atoms with van der Waals surface area (Å²) in [7, 11) is 0. The van der Waals surface area contributed by atoms with Crippen molar-refractivity contribution in [3.8, 4) is 0 Å². The number of nitrogens with zero attached hydrogens (tertiary/aromatic N) is 1. The van der Waals surface area contributed by atoms with Crippen LogP contribution in [0.4, 0.5) is 10.1 Å². The van der Waals surface area contributed by atoms with Gasteiger partial charge >= 0.3 is 0 Å². The van der Waals surface area contributed by atoms with Crippen LogP contribution in [-0.4, -0.2) is 5.96 Å². The van der Waals surface area contributed by atoms with Crippen LogP contribution in [0.3, 0.4) is 0 Å². The molecule has 0 heterocycles. The minimum atomic E-state index is -0.268. The molecule has 0 aliphatic heterocycles. The molecule has 3 nitrogen and oxygen atoms in total. The summed E-state index contributed by atoms with van der Waals surface area (Å²) in [6, 6.07) is 12.6. The van der Waals surface area contributed by atoms with E-state index in [1.54, 1.807) is 18.2 Å². The summed E-state index contributed by atoms with van der Waals surface area (Å²) in [5, 5.41) is 3.02. The topological polar surface area (TPSA) is 50.4 Å². The van der Waals surface area contributed by atoms with Crippen LogP contribution in [0.5, 0.6) is 0 Å². The second-order valence-electron chi connectivity index (χ2n) is 4.79. The van der Waals surface area contributed by atoms with E-state index in [2.05, 4.69) is 16.4 Å². The number of anilines is 1. The molecule has 4 heteroatoms. The molecule has 0 aliphatic carbocycles. The summed E-state index contributed by atoms with van der Waals surface area (Å²) in [6.07, 6.45) is 0. The Morgan fingerprint density at radius 2 is 1.80 bits per heavy atom. The summed E-state index contributed by atoms with van der Waals surface area (Å²) in [5.74, 6) is 0.00806. The first-order valence-corrected chi connectivity index (χ1v) is 6.43. The SMILES string of the molecule is Cc1cc(C)cc(NC(N)=NCc2ccccc2F)c1. The summed E-state index contributed by atoms with van der Waals surface area (Å²) < 4.78 is 13.4. The van der Waals surface area contributed by atoms with Gasteiger partial charge < -0.3 is 11.1 Å². The molecule has 0 fully saturated rings. The summed E-state index contributed by atoms with van der Waals surface area (Å²) in [4.78, 5) is 4.15. The second-order valence-corrected chi connectivity index (χ2v) is 4.79. The molecule has 0 amide bonds. The zero-order valence-electron chi connectivity index (χ0n) is 11.7. The van der Waals surface area contributed by atoms with Crippen molar-refractivity contribution in [2.75, 3.05) is 5.32 Å². The van der Waals surface area contributed by atoms with E-state index in [1.165, 1.54) is 6.07 Å². The number of hydrogen-bond donors (Lipinski definition) is 2. The summed E-state index contributed by atoms with van der Waals surface area (Å²) >= 11 is 0. The average Bonchev–Trinajstić information content (AvgIpc) is 2.36. The van der Waals surface area contributed by atoms with Gasteiger partial charge in [0.1, 0.15) is 5.82 Å². The van der Waals surface area contributed by atoms with Gasteiger partial charge in [-0.2, -0.15) is 0 Å². The number of hydrogen-bond acceptors (Lipinski definition) is 1. The lowest BCUT2D eigenvalue weighted by molar-refractivity contribution is 0.611. The molecule has 0 aromatic heterocycles. The van der Waals surface area contributed by atoms with Gasteiger partial charge in [0.25, 0.3) is 0 Å². The van der Waals surface area contributed by atoms with E-state index in [1.807, 2.05) is 26.0 Å². The van der Waals surface area contributed by atoms with Gasteiger partial charge in [-0.05, 0) is 43.2 Å². The molecule has 2 aromatic rings. The van der Waals surface area contributed by atoms with Crippen LogP contribution in [0.1, 0.15) is 16.7 Å². The van der Waals surface area contributed by atoms with Crippen LogP contribution in [-0.2, 0) is 6.54 Å². The Morgan fingerprint density at radius 3 is 2.45 bits per heavy atom. The fraction of sp³-hybridized carbons (Fsp3) is 0.188. The molecular formula is C16H18FN3. The van der Waals surface area contributed by atoms with E-state index in [-0.39, 0.29) is 18.3 Å². The molecule has 3 N–H and O–H groups in total. The van der Waals surface area contributed by atoms with Crippen molar-refractivity contribution in [3.05, 3.63) is 65.0 Å². The number of nitrogens with one attached hydrogen (secondary N) is 1. The maximum Gasteiger partial charge on any atom is 0.193 e. The van der Waals surface area contributed by atoms with Crippen molar-refractivity contribution in [2.24, 2.45) is 10.7 Å². The molecular weight excluding hydrogens is 253 g/mol. The number of rotatable bonds is 3. The van der Waals surface area contributed by atoms with Crippen LogP contribution in [0.15, 0.2) is 47.5 Å². The molecule has 0 bridgehead atoms. The highest BCUT2D eigenvalue weighted by atomic mass is 19.1. The summed E-state index contributed by atoms with van der Waals surface area (Å²) in [6.45, 7) is 4.26. The maximum atomic E-state index is 13.4. The Bertz CT molecular complexity index is 615. The summed E-state index contributed by atoms with van der Waals surface area (Å²) in [5.41, 5.74) is 9.53. The smallest absolute Gasteiger partial charge is 0.193 e. The molecule has 0 atom stereocenters. The fourth-order valence-electron chi connectivity index (χ4n) is 2.03. The standard InChI is InChI=1S/C16H18FN3/c1-11-7-12(2)9-14(8-11)20-16(18)19-10-13-5-3-4-6-15(13)17/h3-9H,10H2,1-2H3,(H3,18,19,20). The molecule has 0 aliphatic rings. The van der Waals surface area contributed by atoms with Crippen LogP contribution in [0, 0.1) is 19.7 Å². The minimum Gasteiger partial charge on any atom is -0.370 e. The van der Waals surface area contributed by atoms with Crippen molar-refractivity contribution in [3.63, 3.8) is 0 Å². The molecule has 0 radical (unpaired) electrons. The van der Waals surface area contributed by atoms with Gasteiger partial charge in [0.2, 0.25) is 0 Å². The van der Waals surface area contributed by atoms with Crippen LogP contribution in [0.2, 0.25) is 0 Å². The number of guanidine groups is 1. The fourth-order valence-corrected chi connectivity index (χ4v) is 2.03. The largest absolute Gasteiger partial charge is 0.370 e. The van der Waals surface area contributed by atoms with Crippen molar-refractivity contribution < 1.29 is 4.39 Å². The maximum absolute atomic E-state index is 13.4. The highest BCUT2D eigenvalue weighted by molar-refractivity contribution is 5.92. The lowest BCUT2D eigenvalue weighted by Gasteiger charge is -2.08. The molecule has 20 heavy (non-hydrogen) atoms. The van der Waals surface area contributed by atoms with Gasteiger partial charge in [-0.3, -0.25) is 0 Å². The number of aryl methyl sites for hydroxylation is 2. The average molecular weight is 271 g/mol. The van der Waals surface area contributed by atoms with Gasteiger partial charge in [-0.25, -0.2) is 9.38 Å². The number of benzene rings is 2. The highest BCUT2D eigenvalue weighted by Crippen LogP contribution is 2.13. The van der Waals surface area contributed by atoms with Crippen molar-refractivity contribution in [2.45, 2.75) is 20.4 Å². The molecule has 2 aromatic carbocycles. The van der Waals surface area contributed by atoms with Crippen molar-refractivity contribution in [1.29, 1.82) is 0 Å². The Balaban J connectivity index is 2.06. The Morgan fingerprint density at radius 1 is 1.15 bits per heavy atom. The number of nitrogens with two attached hydrogens (primary N) is 1. The molecule has 0 saturated carbocycles. The highest BCUT2D eigenvalue weighted by Gasteiger charge is 2.01. The Kier molecular flexibility index (Phi) is 4.35. The van der Waals surface area contributed by atoms with E-state index in [4.69, 9.17) is 5.73 Å². The van der Waals surface area contributed by atoms with E-state index >= 15 is 0 Å². The third-order valence-corrected chi connectivity index (χ3v) is 2.87. The van der Waals surface area contributed by atoms with E-state index in [0.29, 0.717) is 5.56 Å². The molecule has 0 unspecified atom stereocenters. The van der Waals surface area contributed by atoms with Crippen LogP contribution < -0.4 is 11.1 Å². The minimum absolute atomic E-state index is 0.219. The first kappa shape index (κ1) is 14.1.